The Bertz CT molecular complexity index is 583. The van der Waals surface area contributed by atoms with Gasteiger partial charge in [0.25, 0.3) is 6.04 Å². The minimum absolute atomic E-state index is 0.0358. The van der Waals surface area contributed by atoms with Crippen LogP contribution in [0.25, 0.3) is 0 Å². The van der Waals surface area contributed by atoms with Crippen LogP contribution in [0.1, 0.15) is 12.0 Å². The van der Waals surface area contributed by atoms with Crippen LogP contribution in [0.4, 0.5) is 0 Å². The Kier molecular flexibility index (Phi) is 5.39. The monoisotopic (exact) mass is 334 g/mol. The maximum Gasteiger partial charge on any atom is 0.252 e. The van der Waals surface area contributed by atoms with Gasteiger partial charge < -0.3 is 9.64 Å². The fraction of sp³-hybridized carbons (Fsp3) is 0.562. The van der Waals surface area contributed by atoms with E-state index in [1.807, 2.05) is 18.2 Å². The Morgan fingerprint density at radius 1 is 1.38 bits per heavy atom. The average Bonchev–Trinajstić information content (AvgIpc) is 3.10. The largest absolute Gasteiger partial charge is 0.375 e. The van der Waals surface area contributed by atoms with E-state index in [2.05, 4.69) is 23.0 Å². The van der Waals surface area contributed by atoms with Crippen LogP contribution >= 0.6 is 0 Å². The molecule has 3 rings (SSSR count). The van der Waals surface area contributed by atoms with Crippen molar-refractivity contribution in [3.05, 3.63) is 46.0 Å². The first-order chi connectivity index (χ1) is 11.6. The lowest BCUT2D eigenvalue weighted by atomic mass is 10.0. The van der Waals surface area contributed by atoms with E-state index in [1.54, 1.807) is 4.90 Å². The Hall–Kier alpha value is -2.03. The molecule has 24 heavy (non-hydrogen) atoms. The van der Waals surface area contributed by atoms with Crippen molar-refractivity contribution < 1.29 is 14.5 Å². The van der Waals surface area contributed by atoms with Crippen LogP contribution in [0.5, 0.6) is 0 Å². The summed E-state index contributed by atoms with van der Waals surface area (Å²) in [6.45, 7) is 1.58. The minimum Gasteiger partial charge on any atom is -0.375 e. The summed E-state index contributed by atoms with van der Waals surface area (Å²) in [6.07, 6.45) is 1.67. The fourth-order valence-corrected chi connectivity index (χ4v) is 3.17. The third-order valence-corrected chi connectivity index (χ3v) is 4.54. The molecule has 8 heteroatoms. The van der Waals surface area contributed by atoms with Crippen molar-refractivity contribution >= 4 is 5.91 Å². The quantitative estimate of drug-likeness (QED) is 0.580. The standard InChI is InChI=1S/C16H22N4O4/c21-16(15-14(20(22)23)10-17-18-15)19-8-9-24-13(11-19)7-6-12-4-2-1-3-5-12/h1-5,13-15,17-18H,6-11H2. The maximum atomic E-state index is 12.6. The van der Waals surface area contributed by atoms with Crippen molar-refractivity contribution in [1.29, 1.82) is 0 Å². The molecule has 0 saturated carbocycles. The summed E-state index contributed by atoms with van der Waals surface area (Å²) in [5.74, 6) is -0.227. The zero-order valence-corrected chi connectivity index (χ0v) is 13.4. The molecule has 0 bridgehead atoms. The van der Waals surface area contributed by atoms with Crippen molar-refractivity contribution in [2.24, 2.45) is 0 Å². The number of hydrazine groups is 1. The predicted molar refractivity (Wildman–Crippen MR) is 86.8 cm³/mol. The highest BCUT2D eigenvalue weighted by atomic mass is 16.6. The maximum absolute atomic E-state index is 12.6. The molecule has 0 spiro atoms. The van der Waals surface area contributed by atoms with E-state index < -0.39 is 17.0 Å². The summed E-state index contributed by atoms with van der Waals surface area (Å²) in [5, 5.41) is 11.1. The second-order valence-electron chi connectivity index (χ2n) is 6.16. The van der Waals surface area contributed by atoms with E-state index >= 15 is 0 Å². The van der Waals surface area contributed by atoms with Crippen molar-refractivity contribution in [2.45, 2.75) is 31.0 Å². The number of morpholine rings is 1. The van der Waals surface area contributed by atoms with Crippen LogP contribution in [-0.2, 0) is 16.0 Å². The van der Waals surface area contributed by atoms with E-state index in [0.717, 1.165) is 12.8 Å². The van der Waals surface area contributed by atoms with Crippen LogP contribution < -0.4 is 10.9 Å². The number of ether oxygens (including phenoxy) is 1. The molecule has 2 N–H and O–H groups in total. The summed E-state index contributed by atoms with van der Waals surface area (Å²) in [6, 6.07) is 8.39. The molecular formula is C16H22N4O4. The highest BCUT2D eigenvalue weighted by Gasteiger charge is 2.44. The molecule has 0 aromatic heterocycles. The van der Waals surface area contributed by atoms with Gasteiger partial charge in [-0.3, -0.25) is 14.9 Å². The molecular weight excluding hydrogens is 312 g/mol. The average molecular weight is 334 g/mol. The molecule has 130 valence electrons. The molecule has 1 aromatic rings. The molecule has 2 heterocycles. The van der Waals surface area contributed by atoms with Gasteiger partial charge in [-0.15, -0.1) is 0 Å². The van der Waals surface area contributed by atoms with Crippen LogP contribution in [0.3, 0.4) is 0 Å². The number of carbonyl (C=O) groups excluding carboxylic acids is 1. The third kappa shape index (κ3) is 3.89. The lowest BCUT2D eigenvalue weighted by molar-refractivity contribution is -0.517. The van der Waals surface area contributed by atoms with Gasteiger partial charge >= 0.3 is 0 Å². The second-order valence-corrected chi connectivity index (χ2v) is 6.16. The molecule has 8 nitrogen and oxygen atoms in total. The number of hydrogen-bond acceptors (Lipinski definition) is 6. The number of nitrogens with zero attached hydrogens (tertiary/aromatic N) is 2. The van der Waals surface area contributed by atoms with Crippen molar-refractivity contribution in [3.63, 3.8) is 0 Å². The van der Waals surface area contributed by atoms with Gasteiger partial charge in [0.15, 0.2) is 6.04 Å². The van der Waals surface area contributed by atoms with Gasteiger partial charge in [-0.25, -0.2) is 10.9 Å². The summed E-state index contributed by atoms with van der Waals surface area (Å²) in [5.41, 5.74) is 6.68. The Balaban J connectivity index is 1.55. The molecule has 0 aliphatic carbocycles. The molecule has 1 amide bonds. The number of rotatable bonds is 5. The van der Waals surface area contributed by atoms with E-state index in [4.69, 9.17) is 4.74 Å². The van der Waals surface area contributed by atoms with Gasteiger partial charge in [0, 0.05) is 18.0 Å². The van der Waals surface area contributed by atoms with Gasteiger partial charge in [0.05, 0.1) is 19.3 Å². The van der Waals surface area contributed by atoms with E-state index in [9.17, 15) is 14.9 Å². The first kappa shape index (κ1) is 16.8. The van der Waals surface area contributed by atoms with Crippen LogP contribution in [0.2, 0.25) is 0 Å². The number of nitrogens with one attached hydrogen (secondary N) is 2. The van der Waals surface area contributed by atoms with Crippen LogP contribution in [-0.4, -0.2) is 60.2 Å². The van der Waals surface area contributed by atoms with Gasteiger partial charge in [0.1, 0.15) is 0 Å². The smallest absolute Gasteiger partial charge is 0.252 e. The van der Waals surface area contributed by atoms with Crippen LogP contribution in [0.15, 0.2) is 30.3 Å². The third-order valence-electron chi connectivity index (χ3n) is 4.54. The molecule has 2 fully saturated rings. The summed E-state index contributed by atoms with van der Waals surface area (Å²) in [4.78, 5) is 24.9. The van der Waals surface area contributed by atoms with Crippen molar-refractivity contribution in [1.82, 2.24) is 15.8 Å². The highest BCUT2D eigenvalue weighted by Crippen LogP contribution is 2.15. The van der Waals surface area contributed by atoms with Gasteiger partial charge in [-0.05, 0) is 18.4 Å². The Labute approximate surface area is 140 Å². The summed E-state index contributed by atoms with van der Waals surface area (Å²) < 4.78 is 5.75. The normalized spacial score (nSPS) is 27.2. The minimum atomic E-state index is -0.928. The molecule has 1 aromatic carbocycles. The second kappa shape index (κ2) is 7.69. The van der Waals surface area contributed by atoms with Crippen LogP contribution in [0, 0.1) is 10.1 Å². The zero-order chi connectivity index (χ0) is 16.9. The molecule has 3 atom stereocenters. The SMILES string of the molecule is O=C(C1NNCC1[N+](=O)[O-])N1CCOC(CCc2ccccc2)C1. The Morgan fingerprint density at radius 3 is 2.92 bits per heavy atom. The van der Waals surface area contributed by atoms with E-state index in [0.29, 0.717) is 19.7 Å². The molecule has 2 aliphatic heterocycles. The molecule has 2 saturated heterocycles. The molecule has 3 unspecified atom stereocenters. The number of hydrogen-bond donors (Lipinski definition) is 2. The molecule has 0 radical (unpaired) electrons. The predicted octanol–water partition coefficient (Wildman–Crippen LogP) is -0.0317. The number of carbonyl (C=O) groups is 1. The summed E-state index contributed by atoms with van der Waals surface area (Å²) in [7, 11) is 0. The van der Waals surface area contributed by atoms with Gasteiger partial charge in [0.2, 0.25) is 5.91 Å². The lowest BCUT2D eigenvalue weighted by Crippen LogP contribution is -2.55. The van der Waals surface area contributed by atoms with Crippen molar-refractivity contribution in [2.75, 3.05) is 26.2 Å². The zero-order valence-electron chi connectivity index (χ0n) is 13.4. The first-order valence-corrected chi connectivity index (χ1v) is 8.21. The first-order valence-electron chi connectivity index (χ1n) is 8.21. The van der Waals surface area contributed by atoms with E-state index in [-0.39, 0.29) is 18.6 Å². The van der Waals surface area contributed by atoms with E-state index in [1.165, 1.54) is 5.56 Å². The topological polar surface area (TPSA) is 96.7 Å². The number of nitro groups is 1. The van der Waals surface area contributed by atoms with Crippen molar-refractivity contribution in [3.8, 4) is 0 Å². The number of benzene rings is 1. The molecule has 2 aliphatic rings. The Morgan fingerprint density at radius 2 is 2.17 bits per heavy atom. The van der Waals surface area contributed by atoms with Gasteiger partial charge in [-0.1, -0.05) is 30.3 Å². The van der Waals surface area contributed by atoms with Gasteiger partial charge in [-0.2, -0.15) is 0 Å². The lowest BCUT2D eigenvalue weighted by Gasteiger charge is -2.34. The highest BCUT2D eigenvalue weighted by molar-refractivity contribution is 5.83. The fourth-order valence-electron chi connectivity index (χ4n) is 3.17. The number of aryl methyl sites for hydroxylation is 1. The summed E-state index contributed by atoms with van der Waals surface area (Å²) >= 11 is 0. The number of amides is 1.